The maximum Gasteiger partial charge on any atom is 0.237 e. The number of carbonyl (C=O) groups is 1. The standard InChI is InChI=1S/C19H26N4O2/c1-23-11-14(24)10-17(23)19(25)20-13-6-4-5-12(9-13)18-21-15-7-2-3-8-16(15)22-18/h2-3,7-8,12-14,17,24H,4-6,9-11H2,1H3,(H,20,25)(H,21,22)/t12?,13?,14-,17?/m1/s1. The summed E-state index contributed by atoms with van der Waals surface area (Å²) in [5, 5.41) is 13.0. The minimum absolute atomic E-state index is 0.0503. The maximum atomic E-state index is 12.6. The summed E-state index contributed by atoms with van der Waals surface area (Å²) in [6.07, 6.45) is 4.27. The highest BCUT2D eigenvalue weighted by molar-refractivity contribution is 5.82. The number of nitrogens with zero attached hydrogens (tertiary/aromatic N) is 2. The highest BCUT2D eigenvalue weighted by Crippen LogP contribution is 2.32. The third-order valence-electron chi connectivity index (χ3n) is 5.64. The molecule has 2 fully saturated rings. The molecular formula is C19H26N4O2. The molecule has 2 aliphatic rings. The molecule has 3 N–H and O–H groups in total. The number of aliphatic hydroxyl groups is 1. The van der Waals surface area contributed by atoms with Gasteiger partial charge in [0.1, 0.15) is 5.82 Å². The van der Waals surface area contributed by atoms with Gasteiger partial charge < -0.3 is 15.4 Å². The first kappa shape index (κ1) is 16.5. The van der Waals surface area contributed by atoms with E-state index in [4.69, 9.17) is 4.98 Å². The minimum Gasteiger partial charge on any atom is -0.392 e. The summed E-state index contributed by atoms with van der Waals surface area (Å²) in [6, 6.07) is 8.07. The van der Waals surface area contributed by atoms with Crippen molar-refractivity contribution in [2.75, 3.05) is 13.6 Å². The monoisotopic (exact) mass is 342 g/mol. The molecule has 0 radical (unpaired) electrons. The Morgan fingerprint density at radius 3 is 2.92 bits per heavy atom. The number of likely N-dealkylation sites (N-methyl/N-ethyl adjacent to an activating group) is 1. The van der Waals surface area contributed by atoms with Crippen molar-refractivity contribution in [3.05, 3.63) is 30.1 Å². The number of H-pyrrole nitrogens is 1. The number of imidazole rings is 1. The molecule has 4 atom stereocenters. The predicted octanol–water partition coefficient (Wildman–Crippen LogP) is 1.77. The van der Waals surface area contributed by atoms with Crippen LogP contribution in [0.3, 0.4) is 0 Å². The molecule has 1 aromatic carbocycles. The average Bonchev–Trinajstić information content (AvgIpc) is 3.18. The Morgan fingerprint density at radius 2 is 2.16 bits per heavy atom. The SMILES string of the molecule is CN1C[C@H](O)CC1C(=O)NC1CCCC(c2nc3ccccc3[nH]2)C1. The number of hydrogen-bond donors (Lipinski definition) is 3. The number of hydrogen-bond acceptors (Lipinski definition) is 4. The molecule has 2 heterocycles. The van der Waals surface area contributed by atoms with Crippen molar-refractivity contribution in [2.45, 2.75) is 56.2 Å². The Bertz CT molecular complexity index is 726. The van der Waals surface area contributed by atoms with E-state index in [1.165, 1.54) is 0 Å². The number of aromatic nitrogens is 2. The van der Waals surface area contributed by atoms with Crippen LogP contribution >= 0.6 is 0 Å². The molecule has 1 aromatic heterocycles. The normalized spacial score (nSPS) is 30.6. The zero-order valence-electron chi connectivity index (χ0n) is 14.6. The van der Waals surface area contributed by atoms with Gasteiger partial charge in [-0.15, -0.1) is 0 Å². The lowest BCUT2D eigenvalue weighted by Crippen LogP contribution is -2.47. The van der Waals surface area contributed by atoms with Crippen LogP contribution in [0.5, 0.6) is 0 Å². The molecule has 1 saturated heterocycles. The Morgan fingerprint density at radius 1 is 1.32 bits per heavy atom. The fourth-order valence-corrected chi connectivity index (χ4v) is 4.31. The summed E-state index contributed by atoms with van der Waals surface area (Å²) in [4.78, 5) is 22.7. The van der Waals surface area contributed by atoms with Crippen LogP contribution < -0.4 is 5.32 Å². The third-order valence-corrected chi connectivity index (χ3v) is 5.64. The van der Waals surface area contributed by atoms with Crippen molar-refractivity contribution in [1.29, 1.82) is 0 Å². The number of nitrogens with one attached hydrogen (secondary N) is 2. The van der Waals surface area contributed by atoms with E-state index < -0.39 is 6.10 Å². The molecule has 6 nitrogen and oxygen atoms in total. The molecule has 0 spiro atoms. The Hall–Kier alpha value is -1.92. The number of likely N-dealkylation sites (tertiary alicyclic amines) is 1. The van der Waals surface area contributed by atoms with E-state index >= 15 is 0 Å². The topological polar surface area (TPSA) is 81.2 Å². The summed E-state index contributed by atoms with van der Waals surface area (Å²) < 4.78 is 0. The van der Waals surface area contributed by atoms with Crippen molar-refractivity contribution in [2.24, 2.45) is 0 Å². The lowest BCUT2D eigenvalue weighted by molar-refractivity contribution is -0.126. The van der Waals surface area contributed by atoms with Gasteiger partial charge in [0, 0.05) is 18.5 Å². The molecule has 1 saturated carbocycles. The first-order chi connectivity index (χ1) is 12.1. The summed E-state index contributed by atoms with van der Waals surface area (Å²) in [5.41, 5.74) is 2.08. The highest BCUT2D eigenvalue weighted by Gasteiger charge is 2.35. The van der Waals surface area contributed by atoms with Crippen LogP contribution in [0, 0.1) is 0 Å². The second-order valence-corrected chi connectivity index (χ2v) is 7.55. The number of amides is 1. The Balaban J connectivity index is 1.41. The molecule has 134 valence electrons. The van der Waals surface area contributed by atoms with Gasteiger partial charge in [0.05, 0.1) is 23.2 Å². The Kier molecular flexibility index (Phi) is 4.48. The summed E-state index contributed by atoms with van der Waals surface area (Å²) >= 11 is 0. The predicted molar refractivity (Wildman–Crippen MR) is 96.3 cm³/mol. The van der Waals surface area contributed by atoms with Gasteiger partial charge in [-0.1, -0.05) is 18.6 Å². The van der Waals surface area contributed by atoms with Crippen LogP contribution in [0.15, 0.2) is 24.3 Å². The van der Waals surface area contributed by atoms with Crippen molar-refractivity contribution in [3.63, 3.8) is 0 Å². The lowest BCUT2D eigenvalue weighted by atomic mass is 9.85. The van der Waals surface area contributed by atoms with Crippen molar-refractivity contribution < 1.29 is 9.90 Å². The van der Waals surface area contributed by atoms with Gasteiger partial charge in [-0.3, -0.25) is 9.69 Å². The van der Waals surface area contributed by atoms with E-state index in [2.05, 4.69) is 16.4 Å². The van der Waals surface area contributed by atoms with Crippen LogP contribution in [-0.2, 0) is 4.79 Å². The quantitative estimate of drug-likeness (QED) is 0.794. The summed E-state index contributed by atoms with van der Waals surface area (Å²) in [7, 11) is 1.90. The smallest absolute Gasteiger partial charge is 0.237 e. The summed E-state index contributed by atoms with van der Waals surface area (Å²) in [5.74, 6) is 1.45. The number of fused-ring (bicyclic) bond motifs is 1. The van der Waals surface area contributed by atoms with Gasteiger partial charge in [-0.05, 0) is 44.9 Å². The van der Waals surface area contributed by atoms with Gasteiger partial charge in [-0.25, -0.2) is 4.98 Å². The minimum atomic E-state index is -0.393. The first-order valence-corrected chi connectivity index (χ1v) is 9.23. The molecule has 0 bridgehead atoms. The van der Waals surface area contributed by atoms with Crippen molar-refractivity contribution in [1.82, 2.24) is 20.2 Å². The molecule has 1 amide bonds. The fraction of sp³-hybridized carbons (Fsp3) is 0.579. The van der Waals surface area contributed by atoms with Crippen molar-refractivity contribution in [3.8, 4) is 0 Å². The van der Waals surface area contributed by atoms with Crippen LogP contribution in [0.1, 0.15) is 43.8 Å². The summed E-state index contributed by atoms with van der Waals surface area (Å²) in [6.45, 7) is 0.574. The van der Waals surface area contributed by atoms with E-state index in [9.17, 15) is 9.90 Å². The van der Waals surface area contributed by atoms with Crippen molar-refractivity contribution >= 4 is 16.9 Å². The number of benzene rings is 1. The zero-order valence-corrected chi connectivity index (χ0v) is 14.6. The van der Waals surface area contributed by atoms with E-state index in [1.54, 1.807) is 0 Å². The van der Waals surface area contributed by atoms with E-state index in [1.807, 2.05) is 30.1 Å². The molecule has 1 aliphatic carbocycles. The highest BCUT2D eigenvalue weighted by atomic mass is 16.3. The van der Waals surface area contributed by atoms with E-state index in [-0.39, 0.29) is 18.0 Å². The second-order valence-electron chi connectivity index (χ2n) is 7.55. The molecule has 2 aromatic rings. The zero-order chi connectivity index (χ0) is 17.4. The molecular weight excluding hydrogens is 316 g/mol. The number of β-amino-alcohol motifs (C(OH)–C–C–N with tert-alkyl or cyclic N) is 1. The van der Waals surface area contributed by atoms with E-state index in [0.717, 1.165) is 42.5 Å². The molecule has 1 aliphatic heterocycles. The molecule has 4 rings (SSSR count). The lowest BCUT2D eigenvalue weighted by Gasteiger charge is -2.30. The average molecular weight is 342 g/mol. The van der Waals surface area contributed by atoms with Gasteiger partial charge in [0.15, 0.2) is 0 Å². The fourth-order valence-electron chi connectivity index (χ4n) is 4.31. The molecule has 3 unspecified atom stereocenters. The van der Waals surface area contributed by atoms with Crippen LogP contribution in [-0.4, -0.2) is 57.7 Å². The molecule has 25 heavy (non-hydrogen) atoms. The van der Waals surface area contributed by atoms with Gasteiger partial charge in [0.25, 0.3) is 0 Å². The maximum absolute atomic E-state index is 12.6. The Labute approximate surface area is 147 Å². The number of rotatable bonds is 3. The molecule has 6 heteroatoms. The van der Waals surface area contributed by atoms with E-state index in [0.29, 0.717) is 18.9 Å². The first-order valence-electron chi connectivity index (χ1n) is 9.23. The largest absolute Gasteiger partial charge is 0.392 e. The van der Waals surface area contributed by atoms with Crippen LogP contribution in [0.2, 0.25) is 0 Å². The van der Waals surface area contributed by atoms with Gasteiger partial charge >= 0.3 is 0 Å². The third kappa shape index (κ3) is 3.41. The van der Waals surface area contributed by atoms with Crippen LogP contribution in [0.25, 0.3) is 11.0 Å². The van der Waals surface area contributed by atoms with Gasteiger partial charge in [-0.2, -0.15) is 0 Å². The number of aliphatic hydroxyl groups excluding tert-OH is 1. The second kappa shape index (κ2) is 6.77. The number of carbonyl (C=O) groups excluding carboxylic acids is 1. The number of aromatic amines is 1. The van der Waals surface area contributed by atoms with Gasteiger partial charge in [0.2, 0.25) is 5.91 Å². The van der Waals surface area contributed by atoms with Crippen LogP contribution in [0.4, 0.5) is 0 Å². The number of para-hydroxylation sites is 2.